The number of carbonyl (C=O) groups excluding carboxylic acids is 1. The second kappa shape index (κ2) is 8.41. The van der Waals surface area contributed by atoms with Crippen molar-refractivity contribution in [2.24, 2.45) is 0 Å². The van der Waals surface area contributed by atoms with Gasteiger partial charge in [0, 0.05) is 61.3 Å². The van der Waals surface area contributed by atoms with Crippen molar-refractivity contribution in [3.63, 3.8) is 0 Å². The third-order valence-corrected chi connectivity index (χ3v) is 8.33. The van der Waals surface area contributed by atoms with Gasteiger partial charge >= 0.3 is 0 Å². The van der Waals surface area contributed by atoms with Crippen LogP contribution >= 0.6 is 0 Å². The van der Waals surface area contributed by atoms with E-state index in [1.165, 1.54) is 24.9 Å². The van der Waals surface area contributed by atoms with E-state index in [0.29, 0.717) is 24.5 Å². The summed E-state index contributed by atoms with van der Waals surface area (Å²) in [5.74, 6) is 1.70. The van der Waals surface area contributed by atoms with Gasteiger partial charge in [-0.15, -0.1) is 0 Å². The normalized spacial score (nSPS) is 26.7. The molecule has 34 heavy (non-hydrogen) atoms. The van der Waals surface area contributed by atoms with Crippen LogP contribution in [0.5, 0.6) is 0 Å². The molecule has 1 amide bonds. The number of anilines is 4. The maximum atomic E-state index is 13.0. The summed E-state index contributed by atoms with van der Waals surface area (Å²) in [5.41, 5.74) is 2.85. The first-order valence-electron chi connectivity index (χ1n) is 12.8. The first-order chi connectivity index (χ1) is 16.5. The zero-order chi connectivity index (χ0) is 23.3. The number of rotatable bonds is 5. The van der Waals surface area contributed by atoms with Gasteiger partial charge in [0.25, 0.3) is 0 Å². The molecule has 2 aromatic rings. The highest BCUT2D eigenvalue weighted by Crippen LogP contribution is 2.46. The van der Waals surface area contributed by atoms with Crippen LogP contribution in [0.2, 0.25) is 0 Å². The van der Waals surface area contributed by atoms with Crippen molar-refractivity contribution in [1.29, 1.82) is 0 Å². The Bertz CT molecular complexity index is 1070. The molecule has 1 spiro atoms. The van der Waals surface area contributed by atoms with Gasteiger partial charge in [-0.3, -0.25) is 4.79 Å². The molecule has 8 nitrogen and oxygen atoms in total. The molecule has 8 heteroatoms. The van der Waals surface area contributed by atoms with Crippen molar-refractivity contribution in [1.82, 2.24) is 20.2 Å². The Morgan fingerprint density at radius 3 is 2.62 bits per heavy atom. The molecule has 1 unspecified atom stereocenters. The van der Waals surface area contributed by atoms with Gasteiger partial charge in [0.15, 0.2) is 0 Å². The molecule has 3 fully saturated rings. The Hall–Kier alpha value is -2.87. The monoisotopic (exact) mass is 461 g/mol. The molecule has 1 saturated carbocycles. The molecule has 6 rings (SSSR count). The SMILES string of the molecule is CN(C)[C@@H]1CCN(c2ccc(Nc3ncc4c(n3)N(C3CCCC3)C3(CCNC3=O)C4)cc2)C1. The second-order valence-electron chi connectivity index (χ2n) is 10.6. The fraction of sp³-hybridized carbons (Fsp3) is 0.577. The van der Waals surface area contributed by atoms with Crippen molar-refractivity contribution in [2.75, 3.05) is 48.8 Å². The standard InChI is InChI=1S/C26H35N7O/c1-31(2)22-11-14-32(17-22)20-9-7-19(8-10-20)29-25-28-16-18-15-26(12-13-27-24(26)34)33(23(18)30-25)21-5-3-4-6-21/h7-10,16,21-22H,3-6,11-15,17H2,1-2H3,(H,27,34)(H,28,29,30)/t22-,26?/m1/s1. The number of benzene rings is 1. The number of hydrogen-bond donors (Lipinski definition) is 2. The zero-order valence-corrected chi connectivity index (χ0v) is 20.3. The lowest BCUT2D eigenvalue weighted by molar-refractivity contribution is -0.123. The molecule has 1 aromatic carbocycles. The minimum atomic E-state index is -0.480. The van der Waals surface area contributed by atoms with E-state index in [1.807, 2.05) is 6.20 Å². The van der Waals surface area contributed by atoms with Crippen LogP contribution in [0.3, 0.4) is 0 Å². The Balaban J connectivity index is 1.22. The maximum Gasteiger partial charge on any atom is 0.246 e. The van der Waals surface area contributed by atoms with Gasteiger partial charge < -0.3 is 25.3 Å². The van der Waals surface area contributed by atoms with E-state index in [4.69, 9.17) is 4.98 Å². The Kier molecular flexibility index (Phi) is 5.36. The smallest absolute Gasteiger partial charge is 0.246 e. The quantitative estimate of drug-likeness (QED) is 0.709. The summed E-state index contributed by atoms with van der Waals surface area (Å²) in [6.45, 7) is 2.91. The van der Waals surface area contributed by atoms with Gasteiger partial charge in [0.1, 0.15) is 11.4 Å². The van der Waals surface area contributed by atoms with Crippen LogP contribution in [-0.4, -0.2) is 72.1 Å². The zero-order valence-electron chi connectivity index (χ0n) is 20.3. The average Bonchev–Trinajstić information content (AvgIpc) is 3.62. The minimum absolute atomic E-state index is 0.154. The summed E-state index contributed by atoms with van der Waals surface area (Å²) in [7, 11) is 4.32. The van der Waals surface area contributed by atoms with Crippen molar-refractivity contribution in [2.45, 2.75) is 62.6 Å². The molecule has 4 aliphatic rings. The maximum absolute atomic E-state index is 13.0. The van der Waals surface area contributed by atoms with E-state index < -0.39 is 5.54 Å². The molecule has 0 bridgehead atoms. The third-order valence-electron chi connectivity index (χ3n) is 8.33. The molecule has 3 aliphatic heterocycles. The van der Waals surface area contributed by atoms with Crippen LogP contribution in [0, 0.1) is 0 Å². The Labute approximate surface area is 201 Å². The van der Waals surface area contributed by atoms with Crippen molar-refractivity contribution in [3.8, 4) is 0 Å². The first-order valence-corrected chi connectivity index (χ1v) is 12.8. The van der Waals surface area contributed by atoms with Crippen LogP contribution < -0.4 is 20.4 Å². The van der Waals surface area contributed by atoms with E-state index >= 15 is 0 Å². The van der Waals surface area contributed by atoms with Gasteiger partial charge in [-0.1, -0.05) is 12.8 Å². The van der Waals surface area contributed by atoms with Gasteiger partial charge in [-0.2, -0.15) is 4.98 Å². The number of hydrogen-bond acceptors (Lipinski definition) is 7. The largest absolute Gasteiger partial charge is 0.370 e. The Morgan fingerprint density at radius 1 is 1.15 bits per heavy atom. The predicted octanol–water partition coefficient (Wildman–Crippen LogP) is 2.92. The highest BCUT2D eigenvalue weighted by atomic mass is 16.2. The van der Waals surface area contributed by atoms with E-state index in [9.17, 15) is 4.79 Å². The van der Waals surface area contributed by atoms with Crippen LogP contribution in [-0.2, 0) is 11.2 Å². The number of aromatic nitrogens is 2. The molecule has 2 atom stereocenters. The molecule has 1 aromatic heterocycles. The highest BCUT2D eigenvalue weighted by Gasteiger charge is 2.55. The minimum Gasteiger partial charge on any atom is -0.370 e. The van der Waals surface area contributed by atoms with Gasteiger partial charge in [0.05, 0.1) is 0 Å². The van der Waals surface area contributed by atoms with Crippen LogP contribution in [0.1, 0.15) is 44.1 Å². The number of likely N-dealkylation sites (N-methyl/N-ethyl adjacent to an activating group) is 1. The number of amides is 1. The van der Waals surface area contributed by atoms with Crippen LogP contribution in [0.4, 0.5) is 23.1 Å². The van der Waals surface area contributed by atoms with E-state index in [-0.39, 0.29) is 5.91 Å². The average molecular weight is 462 g/mol. The molecule has 4 heterocycles. The van der Waals surface area contributed by atoms with E-state index in [1.54, 1.807) is 0 Å². The van der Waals surface area contributed by atoms with Gasteiger partial charge in [0.2, 0.25) is 11.9 Å². The van der Waals surface area contributed by atoms with Crippen molar-refractivity contribution < 1.29 is 4.79 Å². The molecule has 2 N–H and O–H groups in total. The lowest BCUT2D eigenvalue weighted by atomic mass is 9.91. The molecule has 2 saturated heterocycles. The predicted molar refractivity (Wildman–Crippen MR) is 135 cm³/mol. The van der Waals surface area contributed by atoms with Crippen LogP contribution in [0.15, 0.2) is 30.5 Å². The van der Waals surface area contributed by atoms with Crippen LogP contribution in [0.25, 0.3) is 0 Å². The Morgan fingerprint density at radius 2 is 1.94 bits per heavy atom. The number of nitrogens with zero attached hydrogens (tertiary/aromatic N) is 5. The molecular weight excluding hydrogens is 426 g/mol. The summed E-state index contributed by atoms with van der Waals surface area (Å²) in [6, 6.07) is 9.57. The van der Waals surface area contributed by atoms with E-state index in [2.05, 4.69) is 68.7 Å². The summed E-state index contributed by atoms with van der Waals surface area (Å²) in [4.78, 5) is 29.7. The highest BCUT2D eigenvalue weighted by molar-refractivity contribution is 5.94. The van der Waals surface area contributed by atoms with Crippen molar-refractivity contribution >= 4 is 29.0 Å². The summed E-state index contributed by atoms with van der Waals surface area (Å²) >= 11 is 0. The van der Waals surface area contributed by atoms with Gasteiger partial charge in [-0.05, 0) is 64.0 Å². The number of nitrogens with one attached hydrogen (secondary N) is 2. The summed E-state index contributed by atoms with van der Waals surface area (Å²) in [5, 5.41) is 6.48. The topological polar surface area (TPSA) is 76.6 Å². The summed E-state index contributed by atoms with van der Waals surface area (Å²) in [6.07, 6.45) is 9.39. The molecule has 180 valence electrons. The number of fused-ring (bicyclic) bond motifs is 1. The fourth-order valence-corrected chi connectivity index (χ4v) is 6.42. The third kappa shape index (κ3) is 3.59. The lowest BCUT2D eigenvalue weighted by Gasteiger charge is -2.38. The van der Waals surface area contributed by atoms with E-state index in [0.717, 1.165) is 56.0 Å². The number of carbonyl (C=O) groups is 1. The summed E-state index contributed by atoms with van der Waals surface area (Å²) < 4.78 is 0. The second-order valence-corrected chi connectivity index (χ2v) is 10.6. The van der Waals surface area contributed by atoms with Gasteiger partial charge in [-0.25, -0.2) is 4.98 Å². The first kappa shape index (κ1) is 21.6. The lowest BCUT2D eigenvalue weighted by Crippen LogP contribution is -2.56. The molecular formula is C26H35N7O. The van der Waals surface area contributed by atoms with Crippen molar-refractivity contribution in [3.05, 3.63) is 36.0 Å². The fourth-order valence-electron chi connectivity index (χ4n) is 6.42. The molecule has 0 radical (unpaired) electrons. The molecule has 1 aliphatic carbocycles.